The van der Waals surface area contributed by atoms with Gasteiger partial charge in [0.15, 0.2) is 5.65 Å². The Labute approximate surface area is 121 Å². The molecule has 0 fully saturated rings. The minimum Gasteiger partial charge on any atom is -0.383 e. The van der Waals surface area contributed by atoms with E-state index in [1.165, 1.54) is 10.8 Å². The van der Waals surface area contributed by atoms with E-state index in [4.69, 9.17) is 4.74 Å². The van der Waals surface area contributed by atoms with Crippen LogP contribution in [0.5, 0.6) is 0 Å². The number of anilines is 1. The first kappa shape index (κ1) is 15.2. The highest BCUT2D eigenvalue weighted by Crippen LogP contribution is 2.04. The number of nitrogens with zero attached hydrogens (tertiary/aromatic N) is 3. The quantitative estimate of drug-likeness (QED) is 0.737. The van der Waals surface area contributed by atoms with Gasteiger partial charge in [-0.25, -0.2) is 9.78 Å². The summed E-state index contributed by atoms with van der Waals surface area (Å²) in [5.41, 5.74) is -0.589. The van der Waals surface area contributed by atoms with Crippen LogP contribution in [0.1, 0.15) is 13.8 Å². The largest absolute Gasteiger partial charge is 0.383 e. The minimum atomic E-state index is -0.456. The molecule has 0 spiro atoms. The van der Waals surface area contributed by atoms with Crippen LogP contribution in [0.2, 0.25) is 0 Å². The Bertz CT molecular complexity index is 735. The van der Waals surface area contributed by atoms with Gasteiger partial charge in [0, 0.05) is 26.4 Å². The average Bonchev–Trinajstić information content (AvgIpc) is 2.43. The van der Waals surface area contributed by atoms with Gasteiger partial charge in [-0.2, -0.15) is 4.98 Å². The van der Waals surface area contributed by atoms with Gasteiger partial charge < -0.3 is 10.1 Å². The molecule has 2 aromatic heterocycles. The topological polar surface area (TPSA) is 102 Å². The molecule has 2 heterocycles. The van der Waals surface area contributed by atoms with Crippen LogP contribution >= 0.6 is 0 Å². The van der Waals surface area contributed by atoms with E-state index in [0.29, 0.717) is 31.0 Å². The molecular weight excluding hydrogens is 274 g/mol. The number of aromatic amines is 1. The van der Waals surface area contributed by atoms with E-state index in [9.17, 15) is 9.59 Å². The second-order valence-corrected chi connectivity index (χ2v) is 5.12. The lowest BCUT2D eigenvalue weighted by atomic mass is 10.2. The Balaban J connectivity index is 2.41. The Kier molecular flexibility index (Phi) is 4.69. The number of ether oxygens (including phenoxy) is 1. The number of aromatic nitrogens is 4. The van der Waals surface area contributed by atoms with E-state index in [2.05, 4.69) is 20.3 Å². The fourth-order valence-electron chi connectivity index (χ4n) is 1.92. The average molecular weight is 293 g/mol. The highest BCUT2D eigenvalue weighted by Gasteiger charge is 2.11. The van der Waals surface area contributed by atoms with Crippen molar-refractivity contribution < 1.29 is 4.74 Å². The molecule has 0 saturated carbocycles. The molecule has 0 aliphatic carbocycles. The predicted octanol–water partition coefficient (Wildman–Crippen LogP) is 0.194. The molecule has 0 aliphatic heterocycles. The fourth-order valence-corrected chi connectivity index (χ4v) is 1.92. The van der Waals surface area contributed by atoms with Gasteiger partial charge in [0.05, 0.1) is 6.61 Å². The summed E-state index contributed by atoms with van der Waals surface area (Å²) in [6, 6.07) is 0. The van der Waals surface area contributed by atoms with Gasteiger partial charge in [0.25, 0.3) is 5.56 Å². The predicted molar refractivity (Wildman–Crippen MR) is 79.6 cm³/mol. The van der Waals surface area contributed by atoms with Crippen molar-refractivity contribution in [2.75, 3.05) is 25.6 Å². The molecule has 0 bridgehead atoms. The monoisotopic (exact) mass is 293 g/mol. The normalized spacial score (nSPS) is 11.2. The van der Waals surface area contributed by atoms with Crippen LogP contribution < -0.4 is 16.6 Å². The SMILES string of the molecule is COCCNc1ncc2c(=O)n(CC(C)C)c(=O)[nH]c2n1. The fraction of sp³-hybridized carbons (Fsp3) is 0.538. The maximum atomic E-state index is 12.3. The zero-order chi connectivity index (χ0) is 15.4. The van der Waals surface area contributed by atoms with Crippen molar-refractivity contribution in [1.29, 1.82) is 0 Å². The summed E-state index contributed by atoms with van der Waals surface area (Å²) in [5, 5.41) is 3.24. The first-order valence-electron chi connectivity index (χ1n) is 6.75. The van der Waals surface area contributed by atoms with Crippen molar-refractivity contribution in [1.82, 2.24) is 19.5 Å². The molecule has 2 N–H and O–H groups in total. The van der Waals surface area contributed by atoms with Gasteiger partial charge in [0.2, 0.25) is 5.95 Å². The molecule has 0 atom stereocenters. The van der Waals surface area contributed by atoms with E-state index in [-0.39, 0.29) is 17.1 Å². The van der Waals surface area contributed by atoms with Crippen molar-refractivity contribution in [3.8, 4) is 0 Å². The molecule has 0 amide bonds. The van der Waals surface area contributed by atoms with Gasteiger partial charge in [-0.15, -0.1) is 0 Å². The molecule has 2 aromatic rings. The van der Waals surface area contributed by atoms with Crippen LogP contribution in [-0.2, 0) is 11.3 Å². The van der Waals surface area contributed by atoms with E-state index in [0.717, 1.165) is 0 Å². The molecule has 8 nitrogen and oxygen atoms in total. The van der Waals surface area contributed by atoms with Gasteiger partial charge in [0.1, 0.15) is 5.39 Å². The zero-order valence-corrected chi connectivity index (χ0v) is 12.3. The molecule has 114 valence electrons. The van der Waals surface area contributed by atoms with Crippen LogP contribution in [0.15, 0.2) is 15.8 Å². The molecular formula is C13H19N5O3. The third-order valence-corrected chi connectivity index (χ3v) is 2.87. The van der Waals surface area contributed by atoms with Gasteiger partial charge in [-0.05, 0) is 5.92 Å². The molecule has 0 saturated heterocycles. The highest BCUT2D eigenvalue weighted by atomic mass is 16.5. The Morgan fingerprint density at radius 1 is 1.43 bits per heavy atom. The van der Waals surface area contributed by atoms with E-state index < -0.39 is 5.69 Å². The summed E-state index contributed by atoms with van der Waals surface area (Å²) in [6.45, 7) is 5.29. The lowest BCUT2D eigenvalue weighted by molar-refractivity contribution is 0.210. The van der Waals surface area contributed by atoms with Crippen molar-refractivity contribution in [3.05, 3.63) is 27.0 Å². The number of H-pyrrole nitrogens is 1. The summed E-state index contributed by atoms with van der Waals surface area (Å²) < 4.78 is 6.09. The number of hydrogen-bond acceptors (Lipinski definition) is 6. The van der Waals surface area contributed by atoms with Crippen molar-refractivity contribution in [2.24, 2.45) is 5.92 Å². The number of fused-ring (bicyclic) bond motifs is 1. The zero-order valence-electron chi connectivity index (χ0n) is 12.3. The third-order valence-electron chi connectivity index (χ3n) is 2.87. The maximum Gasteiger partial charge on any atom is 0.330 e. The van der Waals surface area contributed by atoms with E-state index >= 15 is 0 Å². The van der Waals surface area contributed by atoms with Crippen molar-refractivity contribution in [2.45, 2.75) is 20.4 Å². The van der Waals surface area contributed by atoms with Crippen LogP contribution in [0.3, 0.4) is 0 Å². The van der Waals surface area contributed by atoms with Crippen molar-refractivity contribution >= 4 is 17.0 Å². The molecule has 0 unspecified atom stereocenters. The van der Waals surface area contributed by atoms with E-state index in [1.54, 1.807) is 7.11 Å². The smallest absolute Gasteiger partial charge is 0.330 e. The lowest BCUT2D eigenvalue weighted by Crippen LogP contribution is -2.36. The molecule has 0 aliphatic rings. The summed E-state index contributed by atoms with van der Waals surface area (Å²) in [4.78, 5) is 35.1. The number of methoxy groups -OCH3 is 1. The van der Waals surface area contributed by atoms with Gasteiger partial charge in [-0.3, -0.25) is 14.3 Å². The lowest BCUT2D eigenvalue weighted by Gasteiger charge is -2.09. The van der Waals surface area contributed by atoms with E-state index in [1.807, 2.05) is 13.8 Å². The maximum absolute atomic E-state index is 12.3. The second kappa shape index (κ2) is 6.49. The summed E-state index contributed by atoms with van der Waals surface area (Å²) >= 11 is 0. The number of rotatable bonds is 6. The summed E-state index contributed by atoms with van der Waals surface area (Å²) in [6.07, 6.45) is 1.42. The molecule has 2 rings (SSSR count). The summed E-state index contributed by atoms with van der Waals surface area (Å²) in [7, 11) is 1.59. The number of nitrogens with one attached hydrogen (secondary N) is 2. The standard InChI is InChI=1S/C13H19N5O3/c1-8(2)7-18-11(19)9-6-15-12(14-4-5-21-3)16-10(9)17-13(18)20/h6,8H,4-5,7H2,1-3H3,(H2,14,15,16,17,20). The van der Waals surface area contributed by atoms with Crippen molar-refractivity contribution in [3.63, 3.8) is 0 Å². The summed E-state index contributed by atoms with van der Waals surface area (Å²) in [5.74, 6) is 0.536. The second-order valence-electron chi connectivity index (χ2n) is 5.12. The number of hydrogen-bond donors (Lipinski definition) is 2. The Morgan fingerprint density at radius 2 is 2.19 bits per heavy atom. The first-order valence-corrected chi connectivity index (χ1v) is 6.75. The van der Waals surface area contributed by atoms with Crippen LogP contribution in [0.25, 0.3) is 11.0 Å². The molecule has 8 heteroatoms. The third kappa shape index (κ3) is 3.46. The van der Waals surface area contributed by atoms with Crippen LogP contribution in [0.4, 0.5) is 5.95 Å². The Morgan fingerprint density at radius 3 is 2.86 bits per heavy atom. The molecule has 21 heavy (non-hydrogen) atoms. The van der Waals surface area contributed by atoms with Gasteiger partial charge in [-0.1, -0.05) is 13.8 Å². The highest BCUT2D eigenvalue weighted by molar-refractivity contribution is 5.73. The minimum absolute atomic E-state index is 0.192. The molecule has 0 radical (unpaired) electrons. The molecule has 0 aromatic carbocycles. The Hall–Kier alpha value is -2.22. The van der Waals surface area contributed by atoms with Gasteiger partial charge >= 0.3 is 5.69 Å². The van der Waals surface area contributed by atoms with Crippen LogP contribution in [0, 0.1) is 5.92 Å². The van der Waals surface area contributed by atoms with Crippen LogP contribution in [-0.4, -0.2) is 39.8 Å². The first-order chi connectivity index (χ1) is 10.0.